The van der Waals surface area contributed by atoms with E-state index in [4.69, 9.17) is 19.4 Å². The monoisotopic (exact) mass is 458 g/mol. The molecule has 2 aromatic carbocycles. The zero-order valence-corrected chi connectivity index (χ0v) is 18.9. The van der Waals surface area contributed by atoms with Gasteiger partial charge in [-0.05, 0) is 35.0 Å². The van der Waals surface area contributed by atoms with Crippen molar-refractivity contribution >= 4 is 56.7 Å². The molecule has 6 nitrogen and oxygen atoms in total. The highest BCUT2D eigenvalue weighted by molar-refractivity contribution is 7.14. The van der Waals surface area contributed by atoms with E-state index in [9.17, 15) is 0 Å². The molecular formula is C24H18N4O2S2. The lowest BCUT2D eigenvalue weighted by molar-refractivity contribution is 0.406. The minimum atomic E-state index is 0.651. The predicted molar refractivity (Wildman–Crippen MR) is 132 cm³/mol. The molecule has 0 fully saturated rings. The molecule has 0 aliphatic carbocycles. The van der Waals surface area contributed by atoms with E-state index in [2.05, 4.69) is 57.8 Å². The van der Waals surface area contributed by atoms with Crippen LogP contribution in [0.4, 0.5) is 23.0 Å². The second-order valence-electron chi connectivity index (χ2n) is 7.20. The van der Waals surface area contributed by atoms with E-state index >= 15 is 0 Å². The van der Waals surface area contributed by atoms with Crippen molar-refractivity contribution < 1.29 is 9.47 Å². The van der Waals surface area contributed by atoms with E-state index in [-0.39, 0.29) is 0 Å². The zero-order valence-electron chi connectivity index (χ0n) is 17.3. The van der Waals surface area contributed by atoms with Gasteiger partial charge < -0.3 is 20.1 Å². The van der Waals surface area contributed by atoms with Crippen molar-refractivity contribution in [2.45, 2.75) is 0 Å². The summed E-state index contributed by atoms with van der Waals surface area (Å²) < 4.78 is 11.1. The summed E-state index contributed by atoms with van der Waals surface area (Å²) in [6.45, 7) is 0. The highest BCUT2D eigenvalue weighted by Gasteiger charge is 2.26. The summed E-state index contributed by atoms with van der Waals surface area (Å²) in [5, 5.41) is 11.0. The molecule has 2 N–H and O–H groups in total. The van der Waals surface area contributed by atoms with Crippen LogP contribution in [0.1, 0.15) is 0 Å². The number of nitrogens with zero attached hydrogens (tertiary/aromatic N) is 2. The molecule has 0 saturated carbocycles. The van der Waals surface area contributed by atoms with Gasteiger partial charge in [-0.1, -0.05) is 24.3 Å². The van der Waals surface area contributed by atoms with Crippen molar-refractivity contribution in [3.63, 3.8) is 0 Å². The van der Waals surface area contributed by atoms with E-state index in [0.29, 0.717) is 23.1 Å². The van der Waals surface area contributed by atoms with Crippen molar-refractivity contribution in [2.24, 2.45) is 0 Å². The van der Waals surface area contributed by atoms with Crippen LogP contribution >= 0.6 is 22.7 Å². The summed E-state index contributed by atoms with van der Waals surface area (Å²) in [4.78, 5) is 12.4. The lowest BCUT2D eigenvalue weighted by Crippen LogP contribution is -2.12. The minimum Gasteiger partial charge on any atom is -0.494 e. The second kappa shape index (κ2) is 7.51. The topological polar surface area (TPSA) is 68.3 Å². The molecular weight excluding hydrogens is 440 g/mol. The number of thiophene rings is 2. The molecule has 32 heavy (non-hydrogen) atoms. The van der Waals surface area contributed by atoms with Gasteiger partial charge >= 0.3 is 0 Å². The van der Waals surface area contributed by atoms with Crippen LogP contribution < -0.4 is 20.1 Å². The molecule has 0 spiro atoms. The lowest BCUT2D eigenvalue weighted by atomic mass is 10.0. The fraction of sp³-hybridized carbons (Fsp3) is 0.0833. The summed E-state index contributed by atoms with van der Waals surface area (Å²) in [6, 6.07) is 16.3. The maximum atomic E-state index is 5.56. The number of anilines is 4. The number of aromatic nitrogens is 2. The standard InChI is InChI=1S/C24H18N4O2S2/c1-29-15-9-10-16(30-2)22-21(15)27-23-24(28-22)26-20-14(18-6-4-12-32-18)8-7-13(19(20)25-23)17-5-3-11-31-17/h3-12H,1-2H3,(H,25,27)(H,26,28). The Hall–Kier alpha value is -3.62. The van der Waals surface area contributed by atoms with Crippen LogP contribution in [0.15, 0.2) is 59.3 Å². The molecule has 0 amide bonds. The van der Waals surface area contributed by atoms with Crippen LogP contribution in [-0.4, -0.2) is 24.2 Å². The van der Waals surface area contributed by atoms with E-state index < -0.39 is 0 Å². The van der Waals surface area contributed by atoms with Crippen molar-refractivity contribution in [3.8, 4) is 32.4 Å². The van der Waals surface area contributed by atoms with E-state index in [1.165, 1.54) is 0 Å². The molecule has 1 aliphatic rings. The molecule has 4 heterocycles. The Balaban J connectivity index is 1.61. The summed E-state index contributed by atoms with van der Waals surface area (Å²) in [7, 11) is 3.29. The van der Waals surface area contributed by atoms with Crippen molar-refractivity contribution in [3.05, 3.63) is 59.3 Å². The third kappa shape index (κ3) is 2.91. The molecule has 158 valence electrons. The van der Waals surface area contributed by atoms with Gasteiger partial charge in [0.2, 0.25) is 0 Å². The first kappa shape index (κ1) is 19.1. The summed E-state index contributed by atoms with van der Waals surface area (Å²) in [5.41, 5.74) is 5.40. The first-order chi connectivity index (χ1) is 15.8. The van der Waals surface area contributed by atoms with Gasteiger partial charge in [0.15, 0.2) is 11.6 Å². The highest BCUT2D eigenvalue weighted by Crippen LogP contribution is 2.48. The van der Waals surface area contributed by atoms with Gasteiger partial charge in [-0.15, -0.1) is 22.7 Å². The van der Waals surface area contributed by atoms with Gasteiger partial charge in [0, 0.05) is 20.9 Å². The number of methoxy groups -OCH3 is 2. The van der Waals surface area contributed by atoms with Crippen LogP contribution in [0.5, 0.6) is 11.5 Å². The Labute approximate surface area is 192 Å². The van der Waals surface area contributed by atoms with Gasteiger partial charge in [0.1, 0.15) is 33.9 Å². The predicted octanol–water partition coefficient (Wildman–Crippen LogP) is 6.90. The average molecular weight is 459 g/mol. The third-order valence-electron chi connectivity index (χ3n) is 5.45. The Bertz CT molecular complexity index is 1340. The fourth-order valence-electron chi connectivity index (χ4n) is 3.96. The molecule has 0 bridgehead atoms. The zero-order chi connectivity index (χ0) is 21.7. The second-order valence-corrected chi connectivity index (χ2v) is 9.10. The van der Waals surface area contributed by atoms with Crippen LogP contribution in [0, 0.1) is 0 Å². The average Bonchev–Trinajstić information content (AvgIpc) is 3.55. The van der Waals surface area contributed by atoms with Gasteiger partial charge in [0.05, 0.1) is 14.2 Å². The molecule has 1 aliphatic heterocycles. The molecule has 0 radical (unpaired) electrons. The number of hydrogen-bond donors (Lipinski definition) is 2. The molecule has 8 heteroatoms. The van der Waals surface area contributed by atoms with E-state index in [1.54, 1.807) is 36.9 Å². The third-order valence-corrected chi connectivity index (χ3v) is 7.26. The van der Waals surface area contributed by atoms with Crippen molar-refractivity contribution in [1.82, 2.24) is 9.97 Å². The van der Waals surface area contributed by atoms with Crippen LogP contribution in [0.3, 0.4) is 0 Å². The maximum absolute atomic E-state index is 5.56. The number of rotatable bonds is 4. The van der Waals surface area contributed by atoms with Crippen molar-refractivity contribution in [1.29, 1.82) is 0 Å². The van der Waals surface area contributed by atoms with E-state index in [0.717, 1.165) is 43.3 Å². The summed E-state index contributed by atoms with van der Waals surface area (Å²) >= 11 is 3.39. The smallest absolute Gasteiger partial charge is 0.174 e. The van der Waals surface area contributed by atoms with Crippen LogP contribution in [-0.2, 0) is 0 Å². The maximum Gasteiger partial charge on any atom is 0.174 e. The first-order valence-corrected chi connectivity index (χ1v) is 11.7. The van der Waals surface area contributed by atoms with Gasteiger partial charge in [-0.3, -0.25) is 0 Å². The molecule has 0 unspecified atom stereocenters. The Morgan fingerprint density at radius 2 is 1.12 bits per heavy atom. The van der Waals surface area contributed by atoms with Crippen LogP contribution in [0.2, 0.25) is 0 Å². The van der Waals surface area contributed by atoms with Gasteiger partial charge in [-0.25, -0.2) is 9.97 Å². The molecule has 0 saturated heterocycles. The lowest BCUT2D eigenvalue weighted by Gasteiger charge is -2.25. The minimum absolute atomic E-state index is 0.651. The SMILES string of the molecule is COc1ccc(OC)c2c1Nc1nc3c(-c4cccs4)ccc(-c4cccs4)c3nc1N2. The first-order valence-electron chi connectivity index (χ1n) is 9.98. The summed E-state index contributed by atoms with van der Waals surface area (Å²) in [6.07, 6.45) is 0. The highest BCUT2D eigenvalue weighted by atomic mass is 32.1. The summed E-state index contributed by atoms with van der Waals surface area (Å²) in [5.74, 6) is 2.70. The largest absolute Gasteiger partial charge is 0.494 e. The number of benzene rings is 2. The fourth-order valence-corrected chi connectivity index (χ4v) is 5.47. The number of fused-ring (bicyclic) bond motifs is 3. The Kier molecular flexibility index (Phi) is 4.48. The molecule has 3 aromatic heterocycles. The quantitative estimate of drug-likeness (QED) is 0.299. The van der Waals surface area contributed by atoms with Gasteiger partial charge in [-0.2, -0.15) is 0 Å². The number of ether oxygens (including phenoxy) is 2. The normalized spacial score (nSPS) is 11.9. The molecule has 6 rings (SSSR count). The van der Waals surface area contributed by atoms with E-state index in [1.807, 2.05) is 12.1 Å². The van der Waals surface area contributed by atoms with Crippen molar-refractivity contribution in [2.75, 3.05) is 24.9 Å². The Morgan fingerprint density at radius 3 is 1.50 bits per heavy atom. The molecule has 0 atom stereocenters. The number of nitrogens with one attached hydrogen (secondary N) is 2. The number of hydrogen-bond acceptors (Lipinski definition) is 8. The van der Waals surface area contributed by atoms with Gasteiger partial charge in [0.25, 0.3) is 0 Å². The van der Waals surface area contributed by atoms with Crippen LogP contribution in [0.25, 0.3) is 31.9 Å². The Morgan fingerprint density at radius 1 is 0.656 bits per heavy atom. The molecule has 5 aromatic rings.